The summed E-state index contributed by atoms with van der Waals surface area (Å²) in [7, 11) is 1.64. The Hall–Kier alpha value is -0.450. The molecule has 17 heavy (non-hydrogen) atoms. The third kappa shape index (κ3) is 3.50. The molecule has 1 aromatic rings. The van der Waals surface area contributed by atoms with Crippen LogP contribution in [0.5, 0.6) is 0 Å². The van der Waals surface area contributed by atoms with E-state index in [2.05, 4.69) is 15.9 Å². The van der Waals surface area contributed by atoms with E-state index >= 15 is 0 Å². The zero-order chi connectivity index (χ0) is 13.1. The number of benzene rings is 1. The largest absolute Gasteiger partial charge is 0.377 e. The molecule has 0 heterocycles. The topological polar surface area (TPSA) is 35.2 Å². The minimum atomic E-state index is -0.417. The number of halogens is 2. The smallest absolute Gasteiger partial charge is 0.127 e. The Balaban J connectivity index is 2.84. The molecule has 1 rings (SSSR count). The van der Waals surface area contributed by atoms with Crippen LogP contribution in [0.3, 0.4) is 0 Å². The van der Waals surface area contributed by atoms with Gasteiger partial charge in [-0.05, 0) is 37.5 Å². The lowest BCUT2D eigenvalue weighted by Gasteiger charge is -2.33. The van der Waals surface area contributed by atoms with Gasteiger partial charge in [-0.2, -0.15) is 0 Å². The number of methoxy groups -OCH3 is 1. The van der Waals surface area contributed by atoms with Crippen molar-refractivity contribution in [3.63, 3.8) is 0 Å². The van der Waals surface area contributed by atoms with Gasteiger partial charge in [-0.25, -0.2) is 4.39 Å². The number of hydrogen-bond acceptors (Lipinski definition) is 2. The summed E-state index contributed by atoms with van der Waals surface area (Å²) in [5, 5.41) is 0. The second-order valence-corrected chi connectivity index (χ2v) is 5.33. The van der Waals surface area contributed by atoms with E-state index in [1.54, 1.807) is 13.2 Å². The predicted octanol–water partition coefficient (Wildman–Crippen LogP) is 3.27. The van der Waals surface area contributed by atoms with Crippen molar-refractivity contribution in [2.24, 2.45) is 5.73 Å². The van der Waals surface area contributed by atoms with Crippen molar-refractivity contribution in [2.45, 2.75) is 38.3 Å². The normalized spacial score (nSPS) is 16.6. The highest BCUT2D eigenvalue weighted by Crippen LogP contribution is 2.23. The van der Waals surface area contributed by atoms with Crippen molar-refractivity contribution in [2.75, 3.05) is 7.11 Å². The standard InChI is InChI=1S/C13H19BrFNO/c1-4-13(2,17-3)12(16)7-9-5-6-10(14)8-11(9)15/h5-6,8,12H,4,7,16H2,1-3H3. The van der Waals surface area contributed by atoms with Crippen molar-refractivity contribution in [1.29, 1.82) is 0 Å². The summed E-state index contributed by atoms with van der Waals surface area (Å²) in [6, 6.07) is 4.80. The molecule has 0 radical (unpaired) electrons. The van der Waals surface area contributed by atoms with Gasteiger partial charge in [0.05, 0.1) is 5.60 Å². The van der Waals surface area contributed by atoms with Gasteiger partial charge >= 0.3 is 0 Å². The van der Waals surface area contributed by atoms with Gasteiger partial charge in [-0.1, -0.05) is 28.9 Å². The molecule has 0 amide bonds. The molecule has 2 atom stereocenters. The Bertz CT molecular complexity index is 380. The molecule has 0 fully saturated rings. The van der Waals surface area contributed by atoms with Gasteiger partial charge in [-0.15, -0.1) is 0 Å². The van der Waals surface area contributed by atoms with Crippen LogP contribution >= 0.6 is 15.9 Å². The van der Waals surface area contributed by atoms with E-state index in [-0.39, 0.29) is 11.9 Å². The number of hydrogen-bond donors (Lipinski definition) is 1. The van der Waals surface area contributed by atoms with Crippen LogP contribution in [0.4, 0.5) is 4.39 Å². The zero-order valence-electron chi connectivity index (χ0n) is 10.5. The van der Waals surface area contributed by atoms with Crippen molar-refractivity contribution < 1.29 is 9.13 Å². The maximum absolute atomic E-state index is 13.7. The third-order valence-corrected chi connectivity index (χ3v) is 3.90. The SMILES string of the molecule is CCC(C)(OC)C(N)Cc1ccc(Br)cc1F. The Morgan fingerprint density at radius 2 is 2.18 bits per heavy atom. The first kappa shape index (κ1) is 14.6. The monoisotopic (exact) mass is 303 g/mol. The van der Waals surface area contributed by atoms with Gasteiger partial charge in [0.25, 0.3) is 0 Å². The molecular formula is C13H19BrFNO. The summed E-state index contributed by atoms with van der Waals surface area (Å²) in [5.41, 5.74) is 6.31. The summed E-state index contributed by atoms with van der Waals surface area (Å²) >= 11 is 3.23. The quantitative estimate of drug-likeness (QED) is 0.906. The molecule has 0 bridgehead atoms. The highest BCUT2D eigenvalue weighted by Gasteiger charge is 2.30. The average molecular weight is 304 g/mol. The van der Waals surface area contributed by atoms with E-state index < -0.39 is 5.60 Å². The van der Waals surface area contributed by atoms with E-state index in [0.29, 0.717) is 12.0 Å². The molecule has 0 aliphatic rings. The zero-order valence-corrected chi connectivity index (χ0v) is 12.1. The summed E-state index contributed by atoms with van der Waals surface area (Å²) in [6.45, 7) is 3.97. The van der Waals surface area contributed by atoms with E-state index in [1.807, 2.05) is 19.9 Å². The van der Waals surface area contributed by atoms with E-state index in [4.69, 9.17) is 10.5 Å². The van der Waals surface area contributed by atoms with Gasteiger partial charge in [0.2, 0.25) is 0 Å². The van der Waals surface area contributed by atoms with Crippen LogP contribution < -0.4 is 5.73 Å². The summed E-state index contributed by atoms with van der Waals surface area (Å²) in [4.78, 5) is 0. The molecule has 0 aromatic heterocycles. The Morgan fingerprint density at radius 1 is 1.53 bits per heavy atom. The van der Waals surface area contributed by atoms with Crippen molar-refractivity contribution >= 4 is 15.9 Å². The molecule has 96 valence electrons. The van der Waals surface area contributed by atoms with E-state index in [0.717, 1.165) is 10.9 Å². The Morgan fingerprint density at radius 3 is 2.65 bits per heavy atom. The fourth-order valence-corrected chi connectivity index (χ4v) is 2.03. The molecule has 1 aromatic carbocycles. The molecule has 0 aliphatic carbocycles. The lowest BCUT2D eigenvalue weighted by molar-refractivity contribution is -0.0186. The number of ether oxygens (including phenoxy) is 1. The molecule has 2 N–H and O–H groups in total. The van der Waals surface area contributed by atoms with Crippen LogP contribution in [0.15, 0.2) is 22.7 Å². The summed E-state index contributed by atoms with van der Waals surface area (Å²) < 4.78 is 19.8. The van der Waals surface area contributed by atoms with Gasteiger partial charge in [-0.3, -0.25) is 0 Å². The number of nitrogens with two attached hydrogens (primary N) is 1. The van der Waals surface area contributed by atoms with Crippen LogP contribution in [0.2, 0.25) is 0 Å². The van der Waals surface area contributed by atoms with Crippen molar-refractivity contribution in [1.82, 2.24) is 0 Å². The molecule has 2 nitrogen and oxygen atoms in total. The summed E-state index contributed by atoms with van der Waals surface area (Å²) in [6.07, 6.45) is 1.26. The molecule has 2 unspecified atom stereocenters. The maximum atomic E-state index is 13.7. The fraction of sp³-hybridized carbons (Fsp3) is 0.538. The highest BCUT2D eigenvalue weighted by molar-refractivity contribution is 9.10. The lowest BCUT2D eigenvalue weighted by atomic mass is 9.89. The number of rotatable bonds is 5. The fourth-order valence-electron chi connectivity index (χ4n) is 1.70. The third-order valence-electron chi connectivity index (χ3n) is 3.41. The van der Waals surface area contributed by atoms with E-state index in [1.165, 1.54) is 6.07 Å². The Kier molecular flexibility index (Phi) is 5.10. The molecule has 0 saturated heterocycles. The van der Waals surface area contributed by atoms with Crippen LogP contribution in [0.1, 0.15) is 25.8 Å². The average Bonchev–Trinajstić information content (AvgIpc) is 2.31. The minimum Gasteiger partial charge on any atom is -0.377 e. The van der Waals surface area contributed by atoms with Crippen LogP contribution in [0, 0.1) is 5.82 Å². The minimum absolute atomic E-state index is 0.229. The van der Waals surface area contributed by atoms with Crippen molar-refractivity contribution in [3.8, 4) is 0 Å². The molecule has 0 saturated carbocycles. The first-order chi connectivity index (χ1) is 7.92. The summed E-state index contributed by atoms with van der Waals surface area (Å²) in [5.74, 6) is -0.232. The molecule has 0 spiro atoms. The molecule has 0 aliphatic heterocycles. The van der Waals surface area contributed by atoms with E-state index in [9.17, 15) is 4.39 Å². The molecular weight excluding hydrogens is 285 g/mol. The second-order valence-electron chi connectivity index (χ2n) is 4.42. The molecule has 4 heteroatoms. The Labute approximate surface area is 110 Å². The van der Waals surface area contributed by atoms with Crippen LogP contribution in [-0.2, 0) is 11.2 Å². The van der Waals surface area contributed by atoms with Crippen LogP contribution in [0.25, 0.3) is 0 Å². The maximum Gasteiger partial charge on any atom is 0.127 e. The lowest BCUT2D eigenvalue weighted by Crippen LogP contribution is -2.48. The second kappa shape index (κ2) is 5.94. The first-order valence-corrected chi connectivity index (χ1v) is 6.47. The van der Waals surface area contributed by atoms with Gasteiger partial charge < -0.3 is 10.5 Å². The highest BCUT2D eigenvalue weighted by atomic mass is 79.9. The van der Waals surface area contributed by atoms with Crippen LogP contribution in [-0.4, -0.2) is 18.8 Å². The predicted molar refractivity (Wildman–Crippen MR) is 71.5 cm³/mol. The van der Waals surface area contributed by atoms with Crippen molar-refractivity contribution in [3.05, 3.63) is 34.1 Å². The van der Waals surface area contributed by atoms with Gasteiger partial charge in [0, 0.05) is 17.6 Å². The van der Waals surface area contributed by atoms with Gasteiger partial charge in [0.1, 0.15) is 5.82 Å². The first-order valence-electron chi connectivity index (χ1n) is 5.67. The van der Waals surface area contributed by atoms with Gasteiger partial charge in [0.15, 0.2) is 0 Å².